The van der Waals surface area contributed by atoms with Gasteiger partial charge in [0.2, 0.25) is 17.6 Å². The number of amides is 4. The van der Waals surface area contributed by atoms with Crippen LogP contribution >= 0.6 is 0 Å². The number of carbonyl (C=O) groups excluding carboxylic acids is 5. The van der Waals surface area contributed by atoms with Crippen molar-refractivity contribution < 1.29 is 28.7 Å². The molecular formula is C25H42N4O6. The van der Waals surface area contributed by atoms with Crippen LogP contribution in [0.4, 0.5) is 4.79 Å². The summed E-state index contributed by atoms with van der Waals surface area (Å²) in [5, 5.41) is 8.11. The van der Waals surface area contributed by atoms with Crippen LogP contribution in [0.25, 0.3) is 0 Å². The molecule has 10 nitrogen and oxygen atoms in total. The van der Waals surface area contributed by atoms with E-state index in [9.17, 15) is 24.0 Å². The van der Waals surface area contributed by atoms with Crippen molar-refractivity contribution in [1.82, 2.24) is 20.9 Å². The smallest absolute Gasteiger partial charge is 0.407 e. The van der Waals surface area contributed by atoms with Gasteiger partial charge in [0.25, 0.3) is 5.91 Å². The summed E-state index contributed by atoms with van der Waals surface area (Å²) < 4.78 is 5.12. The van der Waals surface area contributed by atoms with Gasteiger partial charge >= 0.3 is 6.09 Å². The Labute approximate surface area is 208 Å². The van der Waals surface area contributed by atoms with Gasteiger partial charge in [-0.3, -0.25) is 19.2 Å². The lowest BCUT2D eigenvalue weighted by atomic mass is 9.84. The predicted molar refractivity (Wildman–Crippen MR) is 130 cm³/mol. The Bertz CT molecular complexity index is 748. The third-order valence-electron chi connectivity index (χ3n) is 6.92. The molecule has 0 spiro atoms. The zero-order valence-electron chi connectivity index (χ0n) is 21.4. The maximum atomic E-state index is 13.4. The molecule has 2 aliphatic rings. The highest BCUT2D eigenvalue weighted by molar-refractivity contribution is 6.38. The second-order valence-corrected chi connectivity index (χ2v) is 9.49. The molecule has 2 fully saturated rings. The van der Waals surface area contributed by atoms with E-state index < -0.39 is 41.7 Å². The first-order valence-electron chi connectivity index (χ1n) is 13.1. The van der Waals surface area contributed by atoms with E-state index in [0.717, 1.165) is 32.1 Å². The van der Waals surface area contributed by atoms with Crippen molar-refractivity contribution in [2.45, 2.75) is 90.6 Å². The van der Waals surface area contributed by atoms with Crippen LogP contribution in [-0.4, -0.2) is 72.8 Å². The summed E-state index contributed by atoms with van der Waals surface area (Å²) in [5.41, 5.74) is 0. The fraction of sp³-hybridized carbons (Fsp3) is 0.800. The van der Waals surface area contributed by atoms with Crippen molar-refractivity contribution in [3.8, 4) is 0 Å². The van der Waals surface area contributed by atoms with Gasteiger partial charge < -0.3 is 25.6 Å². The second-order valence-electron chi connectivity index (χ2n) is 9.49. The molecule has 0 aromatic heterocycles. The van der Waals surface area contributed by atoms with Crippen LogP contribution in [0.3, 0.4) is 0 Å². The molecule has 1 aliphatic carbocycles. The number of ether oxygens (including phenoxy) is 1. The van der Waals surface area contributed by atoms with Gasteiger partial charge in [-0.15, -0.1) is 0 Å². The van der Waals surface area contributed by atoms with E-state index >= 15 is 0 Å². The minimum absolute atomic E-state index is 0.0415. The molecule has 1 aliphatic heterocycles. The molecule has 0 aromatic rings. The van der Waals surface area contributed by atoms with E-state index in [2.05, 4.69) is 16.0 Å². The van der Waals surface area contributed by atoms with E-state index in [0.29, 0.717) is 38.9 Å². The van der Waals surface area contributed by atoms with Crippen LogP contribution in [0.15, 0.2) is 0 Å². The van der Waals surface area contributed by atoms with Crippen LogP contribution in [-0.2, 0) is 23.9 Å². The highest BCUT2D eigenvalue weighted by Gasteiger charge is 2.37. The summed E-state index contributed by atoms with van der Waals surface area (Å²) in [6.45, 7) is 6.89. The minimum Gasteiger partial charge on any atom is -0.450 e. The Kier molecular flexibility index (Phi) is 12.0. The molecule has 3 atom stereocenters. The predicted octanol–water partition coefficient (Wildman–Crippen LogP) is 1.91. The van der Waals surface area contributed by atoms with Crippen molar-refractivity contribution >= 4 is 29.6 Å². The molecular weight excluding hydrogens is 452 g/mol. The van der Waals surface area contributed by atoms with Gasteiger partial charge in [0.05, 0.1) is 12.6 Å². The molecule has 4 amide bonds. The van der Waals surface area contributed by atoms with Gasteiger partial charge in [-0.05, 0) is 45.4 Å². The summed E-state index contributed by atoms with van der Waals surface area (Å²) in [6.07, 6.45) is 6.24. The Hall–Kier alpha value is -2.65. The average Bonchev–Trinajstić information content (AvgIpc) is 3.26. The molecule has 0 radical (unpaired) electrons. The monoisotopic (exact) mass is 494 g/mol. The van der Waals surface area contributed by atoms with Crippen molar-refractivity contribution in [2.75, 3.05) is 26.2 Å². The van der Waals surface area contributed by atoms with Crippen molar-refractivity contribution in [3.05, 3.63) is 0 Å². The average molecular weight is 495 g/mol. The van der Waals surface area contributed by atoms with Crippen molar-refractivity contribution in [2.24, 2.45) is 11.8 Å². The van der Waals surface area contributed by atoms with E-state index in [-0.39, 0.29) is 24.9 Å². The Morgan fingerprint density at radius 2 is 1.66 bits per heavy atom. The first kappa shape index (κ1) is 28.6. The number of Topliss-reactive ketones (excluding diaryl/α,β-unsaturated/α-hetero) is 1. The summed E-state index contributed by atoms with van der Waals surface area (Å²) in [4.78, 5) is 65.2. The van der Waals surface area contributed by atoms with Gasteiger partial charge in [0, 0.05) is 25.6 Å². The molecule has 3 N–H and O–H groups in total. The largest absolute Gasteiger partial charge is 0.450 e. The number of nitrogens with zero attached hydrogens (tertiary/aromatic N) is 1. The van der Waals surface area contributed by atoms with E-state index in [1.54, 1.807) is 13.8 Å². The molecule has 10 heteroatoms. The van der Waals surface area contributed by atoms with E-state index in [1.165, 1.54) is 4.90 Å². The third-order valence-corrected chi connectivity index (χ3v) is 6.92. The Morgan fingerprint density at radius 3 is 2.23 bits per heavy atom. The summed E-state index contributed by atoms with van der Waals surface area (Å²) in [6, 6.07) is -2.04. The minimum atomic E-state index is -1.15. The van der Waals surface area contributed by atoms with Crippen LogP contribution in [0.5, 0.6) is 0 Å². The molecule has 1 saturated carbocycles. The highest BCUT2D eigenvalue weighted by atomic mass is 16.5. The van der Waals surface area contributed by atoms with Gasteiger partial charge in [-0.1, -0.05) is 39.0 Å². The van der Waals surface area contributed by atoms with Crippen LogP contribution in [0, 0.1) is 11.8 Å². The number of rotatable bonds is 13. The van der Waals surface area contributed by atoms with Gasteiger partial charge in [-0.25, -0.2) is 4.79 Å². The lowest BCUT2D eigenvalue weighted by Crippen LogP contribution is -2.55. The maximum Gasteiger partial charge on any atom is 0.407 e. The lowest BCUT2D eigenvalue weighted by molar-refractivity contribution is -0.146. The second kappa shape index (κ2) is 14.7. The molecule has 0 unspecified atom stereocenters. The third kappa shape index (κ3) is 8.81. The topological polar surface area (TPSA) is 134 Å². The SMILES string of the molecule is CCCOC(=O)N[C@@H](CC1CCCCC1)C(=O)N[C@@H](C[C@@H]1CCNC1=O)C(=O)C(=O)N(CC)CC. The maximum absolute atomic E-state index is 13.4. The van der Waals surface area contributed by atoms with Crippen molar-refractivity contribution in [3.63, 3.8) is 0 Å². The fourth-order valence-corrected chi connectivity index (χ4v) is 4.84. The normalized spacial score (nSPS) is 19.9. The first-order valence-corrected chi connectivity index (χ1v) is 13.1. The number of hydrogen-bond acceptors (Lipinski definition) is 6. The molecule has 0 aromatic carbocycles. The van der Waals surface area contributed by atoms with E-state index in [4.69, 9.17) is 4.74 Å². The molecule has 1 heterocycles. The van der Waals surface area contributed by atoms with Crippen LogP contribution in [0.2, 0.25) is 0 Å². The highest BCUT2D eigenvalue weighted by Crippen LogP contribution is 2.27. The number of hydrogen-bond donors (Lipinski definition) is 3. The quantitative estimate of drug-likeness (QED) is 0.335. The van der Waals surface area contributed by atoms with Gasteiger partial charge in [-0.2, -0.15) is 0 Å². The number of carbonyl (C=O) groups is 5. The molecule has 198 valence electrons. The number of likely N-dealkylation sites (N-methyl/N-ethyl adjacent to an activating group) is 1. The van der Waals surface area contributed by atoms with Crippen molar-refractivity contribution in [1.29, 1.82) is 0 Å². The van der Waals surface area contributed by atoms with E-state index in [1.807, 2.05) is 6.92 Å². The van der Waals surface area contributed by atoms with Crippen LogP contribution in [0.1, 0.15) is 78.6 Å². The summed E-state index contributed by atoms with van der Waals surface area (Å²) >= 11 is 0. The molecule has 35 heavy (non-hydrogen) atoms. The summed E-state index contributed by atoms with van der Waals surface area (Å²) in [5.74, 6) is -2.34. The zero-order chi connectivity index (χ0) is 25.8. The zero-order valence-corrected chi connectivity index (χ0v) is 21.4. The molecule has 0 bridgehead atoms. The van der Waals surface area contributed by atoms with Crippen LogP contribution < -0.4 is 16.0 Å². The standard InChI is InChI=1S/C25H42N4O6/c1-4-14-35-25(34)28-20(15-17-10-8-7-9-11-17)23(32)27-19(16-18-12-13-26-22(18)31)21(30)24(33)29(5-2)6-3/h17-20H,4-16H2,1-3H3,(H,26,31)(H,27,32)(H,28,34)/t18-,19-,20-/m0/s1. The van der Waals surface area contributed by atoms with Gasteiger partial charge in [0.15, 0.2) is 0 Å². The fourth-order valence-electron chi connectivity index (χ4n) is 4.84. The Morgan fingerprint density at radius 1 is 0.971 bits per heavy atom. The number of alkyl carbamates (subject to hydrolysis) is 1. The number of nitrogens with one attached hydrogen (secondary N) is 3. The molecule has 2 rings (SSSR count). The first-order chi connectivity index (χ1) is 16.8. The summed E-state index contributed by atoms with van der Waals surface area (Å²) in [7, 11) is 0. The lowest BCUT2D eigenvalue weighted by Gasteiger charge is -2.28. The molecule has 1 saturated heterocycles. The van der Waals surface area contributed by atoms with Gasteiger partial charge in [0.1, 0.15) is 6.04 Å². The Balaban J connectivity index is 2.19. The number of ketones is 1.